The molecule has 192 valence electrons. The van der Waals surface area contributed by atoms with Crippen LogP contribution in [0.2, 0.25) is 5.15 Å². The van der Waals surface area contributed by atoms with Gasteiger partial charge in [-0.2, -0.15) is 0 Å². The largest absolute Gasteiger partial charge is 0.464 e. The SMILES string of the molecule is CCOC(=O)[C@H](Cc1ccc(Nc2nc(Cl)cc3ccccc23)cc1)Nc1c(N(CC)CC)c(=O)c1=O. The van der Waals surface area contributed by atoms with E-state index in [9.17, 15) is 14.4 Å². The number of rotatable bonds is 11. The number of ether oxygens (including phenoxy) is 1. The number of hydrogen-bond donors (Lipinski definition) is 2. The standard InChI is InChI=1S/C28H29ClN4O4/c1-4-33(5-2)24-23(25(34)26(24)35)31-21(28(36)37-6-3)15-17-11-13-19(14-12-17)30-27-20-10-8-7-9-18(20)16-22(29)32-27/h7-14,16,21,31H,4-6,15H2,1-3H3,(H,30,32)/t21-/m0/s1. The molecule has 0 amide bonds. The van der Waals surface area contributed by atoms with Gasteiger partial charge in [-0.25, -0.2) is 9.78 Å². The number of benzene rings is 2. The van der Waals surface area contributed by atoms with Crippen molar-refractivity contribution in [3.63, 3.8) is 0 Å². The zero-order chi connectivity index (χ0) is 26.5. The molecule has 4 rings (SSSR count). The maximum Gasteiger partial charge on any atom is 0.328 e. The monoisotopic (exact) mass is 520 g/mol. The van der Waals surface area contributed by atoms with Crippen LogP contribution in [0.3, 0.4) is 0 Å². The minimum absolute atomic E-state index is 0.170. The highest BCUT2D eigenvalue weighted by Crippen LogP contribution is 2.28. The van der Waals surface area contributed by atoms with E-state index in [2.05, 4.69) is 15.6 Å². The lowest BCUT2D eigenvalue weighted by molar-refractivity contribution is -0.144. The fraction of sp³-hybridized carbons (Fsp3) is 0.286. The maximum absolute atomic E-state index is 12.7. The van der Waals surface area contributed by atoms with Crippen LogP contribution in [0, 0.1) is 0 Å². The number of nitrogens with zero attached hydrogens (tertiary/aromatic N) is 2. The van der Waals surface area contributed by atoms with E-state index in [1.807, 2.05) is 73.3 Å². The Bertz CT molecular complexity index is 1470. The number of fused-ring (bicyclic) bond motifs is 1. The summed E-state index contributed by atoms with van der Waals surface area (Å²) in [6.45, 7) is 6.89. The highest BCUT2D eigenvalue weighted by atomic mass is 35.5. The van der Waals surface area contributed by atoms with Crippen molar-refractivity contribution >= 4 is 51.2 Å². The first-order valence-electron chi connectivity index (χ1n) is 12.3. The Morgan fingerprint density at radius 3 is 2.41 bits per heavy atom. The second-order valence-electron chi connectivity index (χ2n) is 8.54. The van der Waals surface area contributed by atoms with E-state index in [0.717, 1.165) is 22.0 Å². The summed E-state index contributed by atoms with van der Waals surface area (Å²) < 4.78 is 5.24. The number of carbonyl (C=O) groups excluding carboxylic acids is 1. The fourth-order valence-corrected chi connectivity index (χ4v) is 4.53. The molecular weight excluding hydrogens is 492 g/mol. The summed E-state index contributed by atoms with van der Waals surface area (Å²) in [6, 6.07) is 16.4. The second kappa shape index (κ2) is 11.4. The van der Waals surface area contributed by atoms with Gasteiger partial charge in [0.25, 0.3) is 10.9 Å². The molecule has 37 heavy (non-hydrogen) atoms. The number of pyridine rings is 1. The van der Waals surface area contributed by atoms with Crippen molar-refractivity contribution in [2.75, 3.05) is 35.2 Å². The molecule has 9 heteroatoms. The molecule has 8 nitrogen and oxygen atoms in total. The Morgan fingerprint density at radius 2 is 1.73 bits per heavy atom. The number of carbonyl (C=O) groups is 1. The third kappa shape index (κ3) is 5.59. The van der Waals surface area contributed by atoms with Crippen molar-refractivity contribution in [3.05, 3.63) is 85.8 Å². The lowest BCUT2D eigenvalue weighted by Gasteiger charge is -2.27. The van der Waals surface area contributed by atoms with Crippen molar-refractivity contribution in [3.8, 4) is 0 Å². The molecule has 0 aliphatic heterocycles. The molecule has 0 aliphatic rings. The molecular formula is C28H29ClN4O4. The zero-order valence-corrected chi connectivity index (χ0v) is 21.8. The minimum Gasteiger partial charge on any atom is -0.464 e. The van der Waals surface area contributed by atoms with Crippen molar-refractivity contribution in [2.24, 2.45) is 0 Å². The van der Waals surface area contributed by atoms with Gasteiger partial charge in [-0.1, -0.05) is 48.0 Å². The Labute approximate surface area is 219 Å². The molecule has 1 atom stereocenters. The third-order valence-corrected chi connectivity index (χ3v) is 6.41. The summed E-state index contributed by atoms with van der Waals surface area (Å²) in [7, 11) is 0. The fourth-order valence-electron chi connectivity index (χ4n) is 4.32. The Kier molecular flexibility index (Phi) is 8.08. The van der Waals surface area contributed by atoms with Crippen LogP contribution in [0.25, 0.3) is 10.8 Å². The molecule has 0 radical (unpaired) electrons. The van der Waals surface area contributed by atoms with Crippen LogP contribution in [0.15, 0.2) is 64.2 Å². The molecule has 0 saturated heterocycles. The summed E-state index contributed by atoms with van der Waals surface area (Å²) in [6.07, 6.45) is 0.272. The first kappa shape index (κ1) is 26.2. The summed E-state index contributed by atoms with van der Waals surface area (Å²) >= 11 is 6.20. The molecule has 1 heterocycles. The lowest BCUT2D eigenvalue weighted by atomic mass is 10.0. The minimum atomic E-state index is -0.824. The number of hydrogen-bond acceptors (Lipinski definition) is 8. The molecule has 1 aromatic heterocycles. The van der Waals surface area contributed by atoms with Gasteiger partial charge in [0.2, 0.25) is 0 Å². The van der Waals surface area contributed by atoms with Gasteiger partial charge < -0.3 is 20.3 Å². The smallest absolute Gasteiger partial charge is 0.328 e. The summed E-state index contributed by atoms with van der Waals surface area (Å²) in [5.74, 6) is 0.156. The maximum atomic E-state index is 12.7. The van der Waals surface area contributed by atoms with Gasteiger partial charge in [0, 0.05) is 30.6 Å². The number of nitrogens with one attached hydrogen (secondary N) is 2. The van der Waals surface area contributed by atoms with Gasteiger partial charge in [0.15, 0.2) is 0 Å². The first-order chi connectivity index (χ1) is 17.9. The Balaban J connectivity index is 1.54. The quantitative estimate of drug-likeness (QED) is 0.167. The number of aromatic nitrogens is 1. The highest BCUT2D eigenvalue weighted by molar-refractivity contribution is 6.30. The van der Waals surface area contributed by atoms with Gasteiger partial charge in [-0.05, 0) is 49.9 Å². The van der Waals surface area contributed by atoms with Gasteiger partial charge in [-0.15, -0.1) is 0 Å². The normalized spacial score (nSPS) is 11.9. The van der Waals surface area contributed by atoms with Crippen LogP contribution in [0.1, 0.15) is 26.3 Å². The lowest BCUT2D eigenvalue weighted by Crippen LogP contribution is -2.46. The van der Waals surface area contributed by atoms with Gasteiger partial charge in [-0.3, -0.25) is 9.59 Å². The van der Waals surface area contributed by atoms with Crippen molar-refractivity contribution in [1.29, 1.82) is 0 Å². The first-order valence-corrected chi connectivity index (χ1v) is 12.7. The number of esters is 1. The third-order valence-electron chi connectivity index (χ3n) is 6.22. The average Bonchev–Trinajstić information content (AvgIpc) is 2.90. The van der Waals surface area contributed by atoms with Crippen LogP contribution in [-0.4, -0.2) is 36.7 Å². The van der Waals surface area contributed by atoms with Gasteiger partial charge in [0.1, 0.15) is 28.4 Å². The molecule has 0 unspecified atom stereocenters. The summed E-state index contributed by atoms with van der Waals surface area (Å²) in [5.41, 5.74) is 0.996. The van der Waals surface area contributed by atoms with E-state index >= 15 is 0 Å². The molecule has 0 bridgehead atoms. The average molecular weight is 521 g/mol. The van der Waals surface area contributed by atoms with Crippen LogP contribution in [0.4, 0.5) is 22.9 Å². The van der Waals surface area contributed by atoms with E-state index in [1.54, 1.807) is 6.92 Å². The number of anilines is 4. The number of halogens is 1. The van der Waals surface area contributed by atoms with Gasteiger partial charge in [0.05, 0.1) is 6.61 Å². The van der Waals surface area contributed by atoms with E-state index in [1.165, 1.54) is 0 Å². The molecule has 0 saturated carbocycles. The molecule has 3 aromatic carbocycles. The molecule has 0 aliphatic carbocycles. The van der Waals surface area contributed by atoms with Crippen molar-refractivity contribution in [1.82, 2.24) is 4.98 Å². The highest BCUT2D eigenvalue weighted by Gasteiger charge is 2.29. The Hall–Kier alpha value is -3.91. The topological polar surface area (TPSA) is 101 Å². The second-order valence-corrected chi connectivity index (χ2v) is 8.93. The van der Waals surface area contributed by atoms with Crippen LogP contribution in [-0.2, 0) is 16.0 Å². The molecule has 0 spiro atoms. The van der Waals surface area contributed by atoms with Crippen LogP contribution in [0.5, 0.6) is 0 Å². The van der Waals surface area contributed by atoms with E-state index in [0.29, 0.717) is 29.7 Å². The Morgan fingerprint density at radius 1 is 1.03 bits per heavy atom. The zero-order valence-electron chi connectivity index (χ0n) is 21.0. The van der Waals surface area contributed by atoms with E-state index in [4.69, 9.17) is 16.3 Å². The van der Waals surface area contributed by atoms with Crippen LogP contribution >= 0.6 is 11.6 Å². The van der Waals surface area contributed by atoms with Crippen molar-refractivity contribution in [2.45, 2.75) is 33.2 Å². The van der Waals surface area contributed by atoms with Crippen molar-refractivity contribution < 1.29 is 9.53 Å². The molecule has 2 N–H and O–H groups in total. The molecule has 4 aromatic rings. The molecule has 0 fully saturated rings. The van der Waals surface area contributed by atoms with Crippen LogP contribution < -0.4 is 26.4 Å². The summed E-state index contributed by atoms with van der Waals surface area (Å²) in [5, 5.41) is 8.62. The summed E-state index contributed by atoms with van der Waals surface area (Å²) in [4.78, 5) is 43.5. The van der Waals surface area contributed by atoms with E-state index < -0.39 is 22.9 Å². The van der Waals surface area contributed by atoms with E-state index in [-0.39, 0.29) is 18.7 Å². The predicted molar refractivity (Wildman–Crippen MR) is 149 cm³/mol. The van der Waals surface area contributed by atoms with Gasteiger partial charge >= 0.3 is 5.97 Å². The predicted octanol–water partition coefficient (Wildman–Crippen LogP) is 4.66.